The molecular formula is C12H14N2O6. The molecular weight excluding hydrogens is 268 g/mol. The molecule has 1 rings (SSSR count). The number of nitrogens with zero attached hydrogens (tertiary/aromatic N) is 1. The molecule has 0 aliphatic carbocycles. The molecule has 0 saturated carbocycles. The number of aliphatic carboxylic acids is 1. The van der Waals surface area contributed by atoms with Crippen LogP contribution in [0.1, 0.15) is 15.9 Å². The first-order valence-corrected chi connectivity index (χ1v) is 5.66. The van der Waals surface area contributed by atoms with Crippen molar-refractivity contribution in [3.05, 3.63) is 39.4 Å². The summed E-state index contributed by atoms with van der Waals surface area (Å²) in [4.78, 5) is 32.8. The minimum atomic E-state index is -1.21. The summed E-state index contributed by atoms with van der Waals surface area (Å²) in [7, 11) is 1.21. The summed E-state index contributed by atoms with van der Waals surface area (Å²) in [5.74, 6) is -1.79. The van der Waals surface area contributed by atoms with E-state index < -0.39 is 22.9 Å². The van der Waals surface area contributed by atoms with Crippen LogP contribution in [-0.4, -0.2) is 41.7 Å². The number of hydrogen-bond acceptors (Lipinski definition) is 5. The second kappa shape index (κ2) is 6.62. The van der Waals surface area contributed by atoms with E-state index in [0.717, 1.165) is 0 Å². The molecule has 8 nitrogen and oxygen atoms in total. The van der Waals surface area contributed by atoms with Crippen molar-refractivity contribution in [1.29, 1.82) is 0 Å². The quantitative estimate of drug-likeness (QED) is 0.586. The van der Waals surface area contributed by atoms with Crippen LogP contribution in [0.5, 0.6) is 0 Å². The molecule has 108 valence electrons. The number of benzene rings is 1. The van der Waals surface area contributed by atoms with Crippen LogP contribution in [0.3, 0.4) is 0 Å². The lowest BCUT2D eigenvalue weighted by molar-refractivity contribution is -0.385. The van der Waals surface area contributed by atoms with Crippen LogP contribution >= 0.6 is 0 Å². The van der Waals surface area contributed by atoms with Gasteiger partial charge in [-0.3, -0.25) is 14.9 Å². The van der Waals surface area contributed by atoms with Gasteiger partial charge in [0.25, 0.3) is 11.6 Å². The Morgan fingerprint density at radius 2 is 2.15 bits per heavy atom. The number of carboxylic acids is 1. The molecule has 1 amide bonds. The Balaban J connectivity index is 2.86. The molecule has 1 aromatic rings. The number of methoxy groups -OCH3 is 1. The van der Waals surface area contributed by atoms with Gasteiger partial charge >= 0.3 is 5.97 Å². The average Bonchev–Trinajstić information content (AvgIpc) is 2.38. The first kappa shape index (κ1) is 15.6. The Kier molecular flexibility index (Phi) is 5.15. The van der Waals surface area contributed by atoms with Gasteiger partial charge in [0, 0.05) is 24.3 Å². The summed E-state index contributed by atoms with van der Waals surface area (Å²) in [5.41, 5.74) is 0.179. The molecule has 8 heteroatoms. The molecule has 0 radical (unpaired) electrons. The van der Waals surface area contributed by atoms with Crippen molar-refractivity contribution in [1.82, 2.24) is 5.32 Å². The van der Waals surface area contributed by atoms with Gasteiger partial charge in [-0.25, -0.2) is 4.79 Å². The molecule has 0 spiro atoms. The average molecular weight is 282 g/mol. The standard InChI is InChI=1S/C12H14N2O6/c1-7-8(4-3-5-9(7)14(18)19)11(15)13-6-10(20-2)12(16)17/h3-5,10H,6H2,1-2H3,(H,13,15)(H,16,17). The molecule has 0 aromatic heterocycles. The molecule has 0 aliphatic heterocycles. The number of ether oxygens (including phenoxy) is 1. The Morgan fingerprint density at radius 1 is 1.50 bits per heavy atom. The Labute approximate surface area is 114 Å². The maximum atomic E-state index is 11.9. The summed E-state index contributed by atoms with van der Waals surface area (Å²) in [6.45, 7) is 1.23. The minimum absolute atomic E-state index is 0.124. The first-order chi connectivity index (χ1) is 9.38. The normalized spacial score (nSPS) is 11.7. The molecule has 1 aromatic carbocycles. The minimum Gasteiger partial charge on any atom is -0.479 e. The van der Waals surface area contributed by atoms with Crippen LogP contribution in [0, 0.1) is 17.0 Å². The smallest absolute Gasteiger partial charge is 0.334 e. The molecule has 0 fully saturated rings. The molecule has 1 unspecified atom stereocenters. The Bertz CT molecular complexity index is 543. The lowest BCUT2D eigenvalue weighted by Crippen LogP contribution is -2.38. The first-order valence-electron chi connectivity index (χ1n) is 5.66. The highest BCUT2D eigenvalue weighted by molar-refractivity contribution is 5.96. The monoisotopic (exact) mass is 282 g/mol. The van der Waals surface area contributed by atoms with Crippen molar-refractivity contribution in [3.8, 4) is 0 Å². The Morgan fingerprint density at radius 3 is 2.65 bits per heavy atom. The van der Waals surface area contributed by atoms with E-state index in [2.05, 4.69) is 10.1 Å². The van der Waals surface area contributed by atoms with Gasteiger partial charge in [0.05, 0.1) is 11.5 Å². The highest BCUT2D eigenvalue weighted by Gasteiger charge is 2.21. The van der Waals surface area contributed by atoms with E-state index in [4.69, 9.17) is 5.11 Å². The fourth-order valence-electron chi connectivity index (χ4n) is 1.62. The number of hydrogen-bond donors (Lipinski definition) is 2. The molecule has 0 heterocycles. The molecule has 2 N–H and O–H groups in total. The van der Waals surface area contributed by atoms with Crippen molar-refractivity contribution < 1.29 is 24.4 Å². The maximum Gasteiger partial charge on any atom is 0.334 e. The lowest BCUT2D eigenvalue weighted by atomic mass is 10.1. The van der Waals surface area contributed by atoms with Gasteiger partial charge in [-0.05, 0) is 13.0 Å². The van der Waals surface area contributed by atoms with Crippen LogP contribution in [0.2, 0.25) is 0 Å². The van der Waals surface area contributed by atoms with Gasteiger partial charge in [-0.2, -0.15) is 0 Å². The molecule has 0 bridgehead atoms. The van der Waals surface area contributed by atoms with E-state index in [1.54, 1.807) is 0 Å². The lowest BCUT2D eigenvalue weighted by Gasteiger charge is -2.12. The van der Waals surface area contributed by atoms with Crippen LogP contribution < -0.4 is 5.32 Å². The third-order valence-corrected chi connectivity index (χ3v) is 2.75. The number of rotatable bonds is 6. The van der Waals surface area contributed by atoms with Crippen molar-refractivity contribution in [2.75, 3.05) is 13.7 Å². The maximum absolute atomic E-state index is 11.9. The third-order valence-electron chi connectivity index (χ3n) is 2.75. The van der Waals surface area contributed by atoms with E-state index >= 15 is 0 Å². The summed E-state index contributed by atoms with van der Waals surface area (Å²) in [5, 5.41) is 21.9. The zero-order valence-electron chi connectivity index (χ0n) is 11.0. The van der Waals surface area contributed by atoms with Gasteiger partial charge < -0.3 is 15.2 Å². The number of carbonyl (C=O) groups excluding carboxylic acids is 1. The van der Waals surface area contributed by atoms with Gasteiger partial charge in [-0.1, -0.05) is 6.07 Å². The number of nitro groups is 1. The zero-order chi connectivity index (χ0) is 15.3. The fourth-order valence-corrected chi connectivity index (χ4v) is 1.62. The predicted molar refractivity (Wildman–Crippen MR) is 68.6 cm³/mol. The van der Waals surface area contributed by atoms with E-state index in [-0.39, 0.29) is 23.4 Å². The number of nitrogens with one attached hydrogen (secondary N) is 1. The fraction of sp³-hybridized carbons (Fsp3) is 0.333. The predicted octanol–water partition coefficient (Wildman–Crippen LogP) is 0.733. The van der Waals surface area contributed by atoms with Gasteiger partial charge in [0.15, 0.2) is 6.10 Å². The third kappa shape index (κ3) is 3.51. The van der Waals surface area contributed by atoms with Crippen LogP contribution in [0.25, 0.3) is 0 Å². The summed E-state index contributed by atoms with van der Waals surface area (Å²) in [6.07, 6.45) is -1.17. The molecule has 1 atom stereocenters. The second-order valence-corrected chi connectivity index (χ2v) is 3.98. The molecule has 0 saturated heterocycles. The van der Waals surface area contributed by atoms with E-state index in [1.807, 2.05) is 0 Å². The SMILES string of the molecule is COC(CNC(=O)c1cccc([N+](=O)[O-])c1C)C(=O)O. The van der Waals surface area contributed by atoms with Crippen molar-refractivity contribution in [2.45, 2.75) is 13.0 Å². The van der Waals surface area contributed by atoms with Crippen LogP contribution in [-0.2, 0) is 9.53 Å². The van der Waals surface area contributed by atoms with E-state index in [9.17, 15) is 19.7 Å². The Hall–Kier alpha value is -2.48. The van der Waals surface area contributed by atoms with E-state index in [1.165, 1.54) is 32.2 Å². The van der Waals surface area contributed by atoms with Gasteiger partial charge in [0.2, 0.25) is 0 Å². The molecule has 20 heavy (non-hydrogen) atoms. The van der Waals surface area contributed by atoms with Crippen molar-refractivity contribution in [2.24, 2.45) is 0 Å². The number of carboxylic acid groups (broad SMARTS) is 1. The van der Waals surface area contributed by atoms with Crippen molar-refractivity contribution >= 4 is 17.6 Å². The van der Waals surface area contributed by atoms with Crippen molar-refractivity contribution in [3.63, 3.8) is 0 Å². The summed E-state index contributed by atoms with van der Waals surface area (Å²) < 4.78 is 4.67. The largest absolute Gasteiger partial charge is 0.479 e. The topological polar surface area (TPSA) is 119 Å². The van der Waals surface area contributed by atoms with Crippen LogP contribution in [0.15, 0.2) is 18.2 Å². The van der Waals surface area contributed by atoms with Gasteiger partial charge in [0.1, 0.15) is 0 Å². The summed E-state index contributed by atoms with van der Waals surface area (Å²) >= 11 is 0. The van der Waals surface area contributed by atoms with E-state index in [0.29, 0.717) is 0 Å². The highest BCUT2D eigenvalue weighted by Crippen LogP contribution is 2.20. The number of amides is 1. The van der Waals surface area contributed by atoms with Gasteiger partial charge in [-0.15, -0.1) is 0 Å². The zero-order valence-corrected chi connectivity index (χ0v) is 11.0. The highest BCUT2D eigenvalue weighted by atomic mass is 16.6. The number of carbonyl (C=O) groups is 2. The number of nitro benzene ring substituents is 1. The summed E-state index contributed by atoms with van der Waals surface area (Å²) in [6, 6.07) is 4.12. The van der Waals surface area contributed by atoms with Crippen LogP contribution in [0.4, 0.5) is 5.69 Å². The molecule has 0 aliphatic rings. The second-order valence-electron chi connectivity index (χ2n) is 3.98.